The fourth-order valence-electron chi connectivity index (χ4n) is 3.07. The van der Waals surface area contributed by atoms with E-state index in [1.54, 1.807) is 24.3 Å². The molecule has 0 aliphatic heterocycles. The van der Waals surface area contributed by atoms with Gasteiger partial charge in [0.1, 0.15) is 25.3 Å². The van der Waals surface area contributed by atoms with Crippen molar-refractivity contribution in [2.75, 3.05) is 13.2 Å². The van der Waals surface area contributed by atoms with E-state index in [1.807, 2.05) is 36.4 Å². The van der Waals surface area contributed by atoms with Gasteiger partial charge in [-0.1, -0.05) is 60.7 Å². The third-order valence-electron chi connectivity index (χ3n) is 5.02. The van der Waals surface area contributed by atoms with Crippen LogP contribution in [0.4, 0.5) is 9.59 Å². The van der Waals surface area contributed by atoms with Gasteiger partial charge in [0.2, 0.25) is 5.91 Å². The Morgan fingerprint density at radius 1 is 0.750 bits per heavy atom. The molecule has 2 atom stereocenters. The average molecular weight is 502 g/mol. The van der Waals surface area contributed by atoms with Gasteiger partial charge >= 0.3 is 18.2 Å². The van der Waals surface area contributed by atoms with Crippen LogP contribution in [0.25, 0.3) is 0 Å². The molecule has 36 heavy (non-hydrogen) atoms. The molecule has 2 aromatic rings. The first-order valence-corrected chi connectivity index (χ1v) is 11.4. The maximum absolute atomic E-state index is 12.6. The quantitative estimate of drug-likeness (QED) is 0.245. The fraction of sp³-hybridized carbons (Fsp3) is 0.360. The number of carboxylic acid groups (broad SMARTS) is 1. The number of hydrogen-bond acceptors (Lipinski definition) is 7. The van der Waals surface area contributed by atoms with Gasteiger partial charge in [0, 0.05) is 6.54 Å². The number of carbonyl (C=O) groups excluding carboxylic acids is 3. The molecule has 11 nitrogen and oxygen atoms in total. The van der Waals surface area contributed by atoms with Crippen LogP contribution in [-0.4, -0.2) is 59.5 Å². The fourth-order valence-corrected chi connectivity index (χ4v) is 3.07. The summed E-state index contributed by atoms with van der Waals surface area (Å²) in [6.07, 6.45) is -0.411. The zero-order chi connectivity index (χ0) is 26.2. The lowest BCUT2D eigenvalue weighted by molar-refractivity contribution is -0.143. The molecule has 3 amide bonds. The Balaban J connectivity index is 1.79. The van der Waals surface area contributed by atoms with Crippen molar-refractivity contribution in [1.29, 1.82) is 0 Å². The summed E-state index contributed by atoms with van der Waals surface area (Å²) in [5.41, 5.74) is 1.61. The van der Waals surface area contributed by atoms with Gasteiger partial charge < -0.3 is 35.6 Å². The van der Waals surface area contributed by atoms with Crippen LogP contribution >= 0.6 is 0 Å². The highest BCUT2D eigenvalue weighted by molar-refractivity contribution is 5.89. The topological polar surface area (TPSA) is 163 Å². The second-order valence-electron chi connectivity index (χ2n) is 7.82. The van der Waals surface area contributed by atoms with Gasteiger partial charge in [-0.05, 0) is 30.4 Å². The van der Waals surface area contributed by atoms with Crippen LogP contribution in [0.15, 0.2) is 60.7 Å². The molecule has 5 N–H and O–H groups in total. The van der Waals surface area contributed by atoms with Crippen molar-refractivity contribution in [3.63, 3.8) is 0 Å². The first-order chi connectivity index (χ1) is 17.4. The molecule has 0 saturated carbocycles. The summed E-state index contributed by atoms with van der Waals surface area (Å²) in [7, 11) is 0. The molecule has 194 valence electrons. The Morgan fingerprint density at radius 2 is 1.31 bits per heavy atom. The van der Waals surface area contributed by atoms with Crippen LogP contribution < -0.4 is 16.0 Å². The molecule has 2 aromatic carbocycles. The van der Waals surface area contributed by atoms with E-state index in [2.05, 4.69) is 16.0 Å². The van der Waals surface area contributed by atoms with E-state index in [-0.39, 0.29) is 26.2 Å². The number of aliphatic hydroxyl groups excluding tert-OH is 1. The maximum Gasteiger partial charge on any atom is 0.408 e. The smallest absolute Gasteiger partial charge is 0.408 e. The van der Waals surface area contributed by atoms with Gasteiger partial charge in [-0.3, -0.25) is 4.79 Å². The number of aliphatic carboxylic acids is 1. The highest BCUT2D eigenvalue weighted by Crippen LogP contribution is 2.05. The van der Waals surface area contributed by atoms with Gasteiger partial charge in [0.05, 0.1) is 6.61 Å². The summed E-state index contributed by atoms with van der Waals surface area (Å²) in [5, 5.41) is 25.5. The number of carboxylic acids is 1. The normalized spacial score (nSPS) is 12.0. The first-order valence-electron chi connectivity index (χ1n) is 11.4. The Bertz CT molecular complexity index is 972. The number of unbranched alkanes of at least 4 members (excludes halogenated alkanes) is 1. The number of benzene rings is 2. The molecular formula is C25H31N3O8. The van der Waals surface area contributed by atoms with Crippen LogP contribution in [0.5, 0.6) is 0 Å². The second kappa shape index (κ2) is 15.7. The number of aliphatic hydroxyl groups is 1. The Labute approximate surface area is 208 Å². The number of carbonyl (C=O) groups is 4. The average Bonchev–Trinajstić information content (AvgIpc) is 2.89. The largest absolute Gasteiger partial charge is 0.480 e. The Morgan fingerprint density at radius 3 is 1.83 bits per heavy atom. The first kappa shape index (κ1) is 28.1. The van der Waals surface area contributed by atoms with E-state index in [0.29, 0.717) is 12.8 Å². The van der Waals surface area contributed by atoms with E-state index in [1.165, 1.54) is 0 Å². The van der Waals surface area contributed by atoms with Gasteiger partial charge in [0.25, 0.3) is 0 Å². The summed E-state index contributed by atoms with van der Waals surface area (Å²) < 4.78 is 10.3. The third kappa shape index (κ3) is 10.9. The number of amides is 3. The zero-order valence-corrected chi connectivity index (χ0v) is 19.7. The standard InChI is InChI=1S/C25H31N3O8/c29-15-21(23(31)32)27-22(30)20(28-25(34)36-17-19-11-5-2-6-12-19)13-7-8-14-26-24(33)35-16-18-9-3-1-4-10-18/h1-6,9-12,20-21,29H,7-8,13-17H2,(H,26,33)(H,27,30)(H,28,34)(H,31,32). The lowest BCUT2D eigenvalue weighted by Gasteiger charge is -2.20. The van der Waals surface area contributed by atoms with Crippen molar-refractivity contribution in [3.8, 4) is 0 Å². The summed E-state index contributed by atoms with van der Waals surface area (Å²) in [4.78, 5) is 47.8. The van der Waals surface area contributed by atoms with Crippen molar-refractivity contribution in [2.24, 2.45) is 0 Å². The summed E-state index contributed by atoms with van der Waals surface area (Å²) in [5.74, 6) is -2.18. The Hall–Kier alpha value is -4.12. The lowest BCUT2D eigenvalue weighted by atomic mass is 10.1. The van der Waals surface area contributed by atoms with E-state index in [9.17, 15) is 24.3 Å². The number of ether oxygens (including phenoxy) is 2. The molecule has 0 aliphatic rings. The van der Waals surface area contributed by atoms with Crippen molar-refractivity contribution in [2.45, 2.75) is 44.6 Å². The number of hydrogen-bond donors (Lipinski definition) is 5. The summed E-state index contributed by atoms with van der Waals surface area (Å²) >= 11 is 0. The van der Waals surface area contributed by atoms with Gasteiger partial charge in [-0.25, -0.2) is 14.4 Å². The van der Waals surface area contributed by atoms with Crippen molar-refractivity contribution in [3.05, 3.63) is 71.8 Å². The summed E-state index contributed by atoms with van der Waals surface area (Å²) in [6, 6.07) is 15.5. The predicted molar refractivity (Wildman–Crippen MR) is 129 cm³/mol. The molecule has 0 aliphatic carbocycles. The lowest BCUT2D eigenvalue weighted by Crippen LogP contribution is -2.52. The van der Waals surface area contributed by atoms with Gasteiger partial charge in [0.15, 0.2) is 0 Å². The van der Waals surface area contributed by atoms with Crippen LogP contribution in [0.1, 0.15) is 30.4 Å². The molecule has 2 unspecified atom stereocenters. The van der Waals surface area contributed by atoms with Crippen LogP contribution in [0, 0.1) is 0 Å². The van der Waals surface area contributed by atoms with Crippen LogP contribution in [-0.2, 0) is 32.3 Å². The molecule has 0 fully saturated rings. The van der Waals surface area contributed by atoms with E-state index in [0.717, 1.165) is 11.1 Å². The summed E-state index contributed by atoms with van der Waals surface area (Å²) in [6.45, 7) is -0.403. The number of rotatable bonds is 14. The molecule has 2 rings (SSSR count). The second-order valence-corrected chi connectivity index (χ2v) is 7.82. The van der Waals surface area contributed by atoms with E-state index < -0.39 is 42.8 Å². The predicted octanol–water partition coefficient (Wildman–Crippen LogP) is 1.94. The van der Waals surface area contributed by atoms with Gasteiger partial charge in [-0.15, -0.1) is 0 Å². The van der Waals surface area contributed by atoms with E-state index in [4.69, 9.17) is 14.6 Å². The Kier molecular flexibility index (Phi) is 12.3. The molecule has 0 bridgehead atoms. The minimum Gasteiger partial charge on any atom is -0.480 e. The minimum absolute atomic E-state index is 0.00951. The molecule has 0 radical (unpaired) electrons. The molecule has 0 saturated heterocycles. The number of nitrogens with one attached hydrogen (secondary N) is 3. The monoisotopic (exact) mass is 501 g/mol. The van der Waals surface area contributed by atoms with Crippen molar-refractivity contribution in [1.82, 2.24) is 16.0 Å². The molecular weight excluding hydrogens is 470 g/mol. The van der Waals surface area contributed by atoms with Crippen molar-refractivity contribution >= 4 is 24.1 Å². The van der Waals surface area contributed by atoms with Crippen molar-refractivity contribution < 1.29 is 38.9 Å². The number of alkyl carbamates (subject to hydrolysis) is 2. The maximum atomic E-state index is 12.6. The highest BCUT2D eigenvalue weighted by atomic mass is 16.6. The molecule has 0 heterocycles. The molecule has 0 spiro atoms. The van der Waals surface area contributed by atoms with Gasteiger partial charge in [-0.2, -0.15) is 0 Å². The van der Waals surface area contributed by atoms with E-state index >= 15 is 0 Å². The minimum atomic E-state index is -1.51. The van der Waals surface area contributed by atoms with Crippen LogP contribution in [0.2, 0.25) is 0 Å². The van der Waals surface area contributed by atoms with Crippen LogP contribution in [0.3, 0.4) is 0 Å². The zero-order valence-electron chi connectivity index (χ0n) is 19.7. The molecule has 0 aromatic heterocycles. The molecule has 11 heteroatoms. The highest BCUT2D eigenvalue weighted by Gasteiger charge is 2.26. The third-order valence-corrected chi connectivity index (χ3v) is 5.02. The SMILES string of the molecule is O=C(NCCCCC(NC(=O)OCc1ccccc1)C(=O)NC(CO)C(=O)O)OCc1ccccc1.